The third-order valence-electron chi connectivity index (χ3n) is 3.94. The Morgan fingerprint density at radius 2 is 1.97 bits per heavy atom. The molecule has 29 heavy (non-hydrogen) atoms. The molecule has 0 aliphatic rings. The molecule has 0 atom stereocenters. The van der Waals surface area contributed by atoms with Crippen LogP contribution in [0.1, 0.15) is 26.7 Å². The maximum atomic E-state index is 11.7. The van der Waals surface area contributed by atoms with E-state index in [1.807, 2.05) is 30.3 Å². The van der Waals surface area contributed by atoms with Crippen molar-refractivity contribution < 1.29 is 14.3 Å². The Morgan fingerprint density at radius 1 is 1.14 bits per heavy atom. The molecule has 2 aromatic heterocycles. The van der Waals surface area contributed by atoms with Crippen LogP contribution in [0.3, 0.4) is 0 Å². The van der Waals surface area contributed by atoms with Gasteiger partial charge < -0.3 is 9.47 Å². The Kier molecular flexibility index (Phi) is 7.63. The summed E-state index contributed by atoms with van der Waals surface area (Å²) in [6.07, 6.45) is 7.48. The zero-order valence-corrected chi connectivity index (χ0v) is 17.4. The third-order valence-corrected chi connectivity index (χ3v) is 4.89. The Balaban J connectivity index is 1.93. The molecule has 0 saturated heterocycles. The average Bonchev–Trinajstić information content (AvgIpc) is 3.12. The molecule has 0 saturated carbocycles. The molecule has 0 N–H and O–H groups in total. The van der Waals surface area contributed by atoms with E-state index in [2.05, 4.69) is 29.0 Å². The zero-order valence-electron chi connectivity index (χ0n) is 16.6. The first-order chi connectivity index (χ1) is 14.2. The third kappa shape index (κ3) is 5.35. The molecule has 3 rings (SSSR count). The topological polar surface area (TPSA) is 79.1 Å². The largest absolute Gasteiger partial charge is 0.476 e. The van der Waals surface area contributed by atoms with Gasteiger partial charge in [0.25, 0.3) is 0 Å². The van der Waals surface area contributed by atoms with Crippen molar-refractivity contribution in [2.75, 3.05) is 19.0 Å². The van der Waals surface area contributed by atoms with Crippen molar-refractivity contribution >= 4 is 28.8 Å². The van der Waals surface area contributed by atoms with Crippen molar-refractivity contribution in [3.05, 3.63) is 48.8 Å². The zero-order chi connectivity index (χ0) is 20.5. The normalized spacial score (nSPS) is 11.2. The van der Waals surface area contributed by atoms with Crippen LogP contribution < -0.4 is 4.74 Å². The Labute approximate surface area is 174 Å². The van der Waals surface area contributed by atoms with Gasteiger partial charge in [-0.05, 0) is 31.9 Å². The molecule has 1 aromatic carbocycles. The molecule has 0 aliphatic carbocycles. The lowest BCUT2D eigenvalue weighted by Crippen LogP contribution is -2.06. The second kappa shape index (κ2) is 10.6. The van der Waals surface area contributed by atoms with Crippen LogP contribution in [0.25, 0.3) is 16.7 Å². The first-order valence-electron chi connectivity index (χ1n) is 9.60. The van der Waals surface area contributed by atoms with Crippen molar-refractivity contribution in [3.8, 4) is 11.6 Å². The fourth-order valence-corrected chi connectivity index (χ4v) is 3.41. The van der Waals surface area contributed by atoms with Gasteiger partial charge in [0.2, 0.25) is 5.88 Å². The van der Waals surface area contributed by atoms with E-state index >= 15 is 0 Å². The van der Waals surface area contributed by atoms with Gasteiger partial charge in [-0.1, -0.05) is 49.0 Å². The van der Waals surface area contributed by atoms with E-state index in [1.165, 1.54) is 18.1 Å². The fourth-order valence-electron chi connectivity index (χ4n) is 2.67. The number of allylic oxidation sites excluding steroid dienone is 1. The highest BCUT2D eigenvalue weighted by Crippen LogP contribution is 2.32. The van der Waals surface area contributed by atoms with Gasteiger partial charge in [0.1, 0.15) is 16.9 Å². The van der Waals surface area contributed by atoms with Crippen LogP contribution in [-0.2, 0) is 9.53 Å². The maximum absolute atomic E-state index is 11.7. The number of esters is 1. The highest BCUT2D eigenvalue weighted by atomic mass is 32.2. The number of carbonyl (C=O) groups is 1. The molecule has 0 amide bonds. The summed E-state index contributed by atoms with van der Waals surface area (Å²) in [6.45, 7) is 4.75. The molecule has 0 unspecified atom stereocenters. The first kappa shape index (κ1) is 20.9. The maximum Gasteiger partial charge on any atom is 0.316 e. The quantitative estimate of drug-likeness (QED) is 0.162. The molecule has 3 aromatic rings. The fraction of sp³-hybridized carbons (Fsp3) is 0.333. The number of para-hydroxylation sites is 1. The summed E-state index contributed by atoms with van der Waals surface area (Å²) < 4.78 is 12.8. The summed E-state index contributed by atoms with van der Waals surface area (Å²) in [5.41, 5.74) is 2.09. The van der Waals surface area contributed by atoms with Crippen molar-refractivity contribution in [3.63, 3.8) is 0 Å². The molecule has 2 heterocycles. The molecular formula is C21H24N4O3S. The summed E-state index contributed by atoms with van der Waals surface area (Å²) in [6, 6.07) is 9.74. The minimum absolute atomic E-state index is 0.163. The molecular weight excluding hydrogens is 388 g/mol. The SMILES string of the molecule is CC/C=C/CCOc1c2ncnc(SCC(=O)OCC)c2nn1-c1ccccc1. The second-order valence-corrected chi connectivity index (χ2v) is 7.00. The number of benzene rings is 1. The van der Waals surface area contributed by atoms with Crippen molar-refractivity contribution in [1.29, 1.82) is 0 Å². The minimum atomic E-state index is -0.286. The van der Waals surface area contributed by atoms with Crippen molar-refractivity contribution in [2.45, 2.75) is 31.7 Å². The van der Waals surface area contributed by atoms with Gasteiger partial charge in [-0.3, -0.25) is 4.79 Å². The lowest BCUT2D eigenvalue weighted by molar-refractivity contribution is -0.139. The van der Waals surface area contributed by atoms with E-state index in [0.717, 1.165) is 18.5 Å². The predicted molar refractivity (Wildman–Crippen MR) is 114 cm³/mol. The Morgan fingerprint density at radius 3 is 2.72 bits per heavy atom. The molecule has 0 bridgehead atoms. The molecule has 0 aliphatic heterocycles. The Hall–Kier alpha value is -2.87. The number of rotatable bonds is 10. The minimum Gasteiger partial charge on any atom is -0.476 e. The number of nitrogens with zero attached hydrogens (tertiary/aromatic N) is 4. The summed E-state index contributed by atoms with van der Waals surface area (Å²) in [5.74, 6) is 0.443. The summed E-state index contributed by atoms with van der Waals surface area (Å²) in [5, 5.41) is 5.32. The highest BCUT2D eigenvalue weighted by Gasteiger charge is 2.20. The van der Waals surface area contributed by atoms with E-state index in [0.29, 0.717) is 35.2 Å². The summed E-state index contributed by atoms with van der Waals surface area (Å²) >= 11 is 1.28. The monoisotopic (exact) mass is 412 g/mol. The molecule has 0 fully saturated rings. The number of aromatic nitrogens is 4. The van der Waals surface area contributed by atoms with Crippen LogP contribution in [0, 0.1) is 0 Å². The highest BCUT2D eigenvalue weighted by molar-refractivity contribution is 8.00. The molecule has 0 spiro atoms. The molecule has 0 radical (unpaired) electrons. The number of hydrogen-bond donors (Lipinski definition) is 0. The summed E-state index contributed by atoms with van der Waals surface area (Å²) in [7, 11) is 0. The van der Waals surface area contributed by atoms with E-state index in [-0.39, 0.29) is 11.7 Å². The number of hydrogen-bond acceptors (Lipinski definition) is 7. The summed E-state index contributed by atoms with van der Waals surface area (Å²) in [4.78, 5) is 20.4. The van der Waals surface area contributed by atoms with Gasteiger partial charge in [0.05, 0.1) is 24.7 Å². The van der Waals surface area contributed by atoms with Gasteiger partial charge in [-0.15, -0.1) is 0 Å². The van der Waals surface area contributed by atoms with E-state index in [9.17, 15) is 4.79 Å². The smallest absolute Gasteiger partial charge is 0.316 e. The Bertz CT molecular complexity index is 973. The van der Waals surface area contributed by atoms with Crippen LogP contribution in [0.15, 0.2) is 53.8 Å². The van der Waals surface area contributed by atoms with Crippen LogP contribution in [-0.4, -0.2) is 44.7 Å². The van der Waals surface area contributed by atoms with Crippen LogP contribution in [0.5, 0.6) is 5.88 Å². The lowest BCUT2D eigenvalue weighted by atomic mass is 10.3. The first-order valence-corrected chi connectivity index (χ1v) is 10.6. The second-order valence-electron chi connectivity index (χ2n) is 6.04. The van der Waals surface area contributed by atoms with Crippen LogP contribution in [0.2, 0.25) is 0 Å². The van der Waals surface area contributed by atoms with Crippen LogP contribution in [0.4, 0.5) is 0 Å². The number of ether oxygens (including phenoxy) is 2. The lowest BCUT2D eigenvalue weighted by Gasteiger charge is -2.08. The van der Waals surface area contributed by atoms with Gasteiger partial charge in [0, 0.05) is 0 Å². The van der Waals surface area contributed by atoms with Gasteiger partial charge >= 0.3 is 5.97 Å². The van der Waals surface area contributed by atoms with E-state index < -0.39 is 0 Å². The van der Waals surface area contributed by atoms with Gasteiger partial charge in [0.15, 0.2) is 5.52 Å². The molecule has 8 heteroatoms. The van der Waals surface area contributed by atoms with Crippen molar-refractivity contribution in [1.82, 2.24) is 19.7 Å². The number of fused-ring (bicyclic) bond motifs is 1. The van der Waals surface area contributed by atoms with Crippen molar-refractivity contribution in [2.24, 2.45) is 0 Å². The van der Waals surface area contributed by atoms with E-state index in [1.54, 1.807) is 11.6 Å². The number of thioether (sulfide) groups is 1. The predicted octanol–water partition coefficient (Wildman–Crippen LogP) is 4.21. The van der Waals surface area contributed by atoms with Gasteiger partial charge in [-0.25, -0.2) is 9.97 Å². The average molecular weight is 413 g/mol. The molecule has 7 nitrogen and oxygen atoms in total. The van der Waals surface area contributed by atoms with Crippen LogP contribution >= 0.6 is 11.8 Å². The molecule has 152 valence electrons. The van der Waals surface area contributed by atoms with E-state index in [4.69, 9.17) is 14.6 Å². The standard InChI is InChI=1S/C21H24N4O3S/c1-3-5-6-10-13-28-21-19-18(24-25(21)16-11-8-7-9-12-16)20(23-15-22-19)29-14-17(26)27-4-2/h5-9,11-12,15H,3-4,10,13-14H2,1-2H3/b6-5+. The van der Waals surface area contributed by atoms with Gasteiger partial charge in [-0.2, -0.15) is 9.78 Å². The number of carbonyl (C=O) groups excluding carboxylic acids is 1.